The maximum Gasteiger partial charge on any atom is 0.143 e. The molecule has 3 nitrogen and oxygen atoms in total. The van der Waals surface area contributed by atoms with Crippen molar-refractivity contribution >= 4 is 152 Å². The van der Waals surface area contributed by atoms with Gasteiger partial charge < -0.3 is 13.3 Å². The lowest BCUT2D eigenvalue weighted by Crippen LogP contribution is -1.93. The van der Waals surface area contributed by atoms with E-state index in [1.165, 1.54) is 0 Å². The number of hydrogen-bond acceptors (Lipinski definition) is 3. The minimum absolute atomic E-state index is 0.145. The van der Waals surface area contributed by atoms with Gasteiger partial charge in [0.25, 0.3) is 0 Å². The first-order chi connectivity index (χ1) is 81.0. The van der Waals surface area contributed by atoms with Crippen LogP contribution in [-0.2, 0) is 0 Å². The predicted molar refractivity (Wildman–Crippen MR) is 606 cm³/mol. The van der Waals surface area contributed by atoms with Crippen molar-refractivity contribution in [3.63, 3.8) is 0 Å². The molecule has 29 rings (SSSR count). The Hall–Kier alpha value is -18.8. The van der Waals surface area contributed by atoms with E-state index in [0.717, 1.165) is 104 Å². The number of furan rings is 3. The van der Waals surface area contributed by atoms with E-state index < -0.39 is 72.5 Å². The second-order valence-corrected chi connectivity index (χ2v) is 35.4. The average Bonchev–Trinajstić information content (AvgIpc) is 1.59. The molecular formula is C140H88O3. The summed E-state index contributed by atoms with van der Waals surface area (Å²) in [7, 11) is 0. The van der Waals surface area contributed by atoms with Gasteiger partial charge in [0.15, 0.2) is 0 Å². The van der Waals surface area contributed by atoms with E-state index in [9.17, 15) is 16.4 Å². The number of fused-ring (bicyclic) bond motifs is 17. The lowest BCUT2D eigenvalue weighted by Gasteiger charge is -2.20. The molecule has 3 aromatic heterocycles. The van der Waals surface area contributed by atoms with E-state index in [-0.39, 0.29) is 148 Å². The van der Waals surface area contributed by atoms with Crippen LogP contribution in [0.3, 0.4) is 0 Å². The van der Waals surface area contributed by atoms with Crippen LogP contribution in [0.2, 0.25) is 0 Å². The maximum atomic E-state index is 9.67. The van der Waals surface area contributed by atoms with Crippen molar-refractivity contribution in [1.82, 2.24) is 0 Å². The highest BCUT2D eigenvalue weighted by molar-refractivity contribution is 6.31. The van der Waals surface area contributed by atoms with Crippen molar-refractivity contribution in [2.24, 2.45) is 0 Å². The van der Waals surface area contributed by atoms with Gasteiger partial charge in [-0.25, -0.2) is 0 Å². The van der Waals surface area contributed by atoms with Crippen molar-refractivity contribution < 1.29 is 46.1 Å². The minimum Gasteiger partial charge on any atom is -0.456 e. The van der Waals surface area contributed by atoms with Crippen molar-refractivity contribution in [3.05, 3.63) is 533 Å². The lowest BCUT2D eigenvalue weighted by molar-refractivity contribution is 0.668. The smallest absolute Gasteiger partial charge is 0.143 e. The number of para-hydroxylation sites is 3. The molecule has 0 amide bonds. The van der Waals surface area contributed by atoms with E-state index in [1.807, 2.05) is 340 Å². The summed E-state index contributed by atoms with van der Waals surface area (Å²) in [5, 5.41) is 9.97. The van der Waals surface area contributed by atoms with Gasteiger partial charge in [0, 0.05) is 37.9 Å². The molecule has 0 bridgehead atoms. The summed E-state index contributed by atoms with van der Waals surface area (Å²) in [4.78, 5) is 0. The van der Waals surface area contributed by atoms with Crippen molar-refractivity contribution in [3.8, 4) is 134 Å². The van der Waals surface area contributed by atoms with Crippen LogP contribution < -0.4 is 0 Å². The van der Waals surface area contributed by atoms with Gasteiger partial charge in [-0.3, -0.25) is 0 Å². The second-order valence-electron chi connectivity index (χ2n) is 35.4. The molecule has 3 heteroatoms. The normalized spacial score (nSPS) is 14.0. The number of hydrogen-bond donors (Lipinski definition) is 0. The Bertz CT molecular complexity index is 11400. The summed E-state index contributed by atoms with van der Waals surface area (Å²) in [6.07, 6.45) is 0. The zero-order valence-corrected chi connectivity index (χ0v) is 76.2. The van der Waals surface area contributed by atoms with Crippen LogP contribution >= 0.6 is 0 Å². The summed E-state index contributed by atoms with van der Waals surface area (Å²) in [6.45, 7) is 0. The fourth-order valence-electron chi connectivity index (χ4n) is 21.3. The van der Waals surface area contributed by atoms with E-state index in [2.05, 4.69) is 42.5 Å². The molecule has 143 heavy (non-hydrogen) atoms. The molecule has 0 aliphatic heterocycles. The third-order valence-corrected chi connectivity index (χ3v) is 27.5. The number of rotatable bonds is 12. The summed E-state index contributed by atoms with van der Waals surface area (Å²) in [6, 6.07) is 116. The van der Waals surface area contributed by atoms with E-state index in [1.54, 1.807) is 6.07 Å². The monoisotopic (exact) mass is 1840 g/mol. The van der Waals surface area contributed by atoms with Gasteiger partial charge in [-0.2, -0.15) is 0 Å². The van der Waals surface area contributed by atoms with Crippen LogP contribution in [0.4, 0.5) is 0 Å². The van der Waals surface area contributed by atoms with Gasteiger partial charge in [0.1, 0.15) is 33.5 Å². The first-order valence-corrected chi connectivity index (χ1v) is 47.2. The molecule has 3 heterocycles. The van der Waals surface area contributed by atoms with Crippen molar-refractivity contribution in [2.45, 2.75) is 0 Å². The van der Waals surface area contributed by atoms with Gasteiger partial charge in [0.2, 0.25) is 0 Å². The summed E-state index contributed by atoms with van der Waals surface area (Å²) in [5.74, 6) is 0. The highest BCUT2D eigenvalue weighted by atomic mass is 16.3. The fourth-order valence-corrected chi connectivity index (χ4v) is 21.3. The topological polar surface area (TPSA) is 39.4 Å². The van der Waals surface area contributed by atoms with Gasteiger partial charge in [-0.1, -0.05) is 473 Å². The lowest BCUT2D eigenvalue weighted by atomic mass is 9.83. The molecule has 0 atom stereocenters. The summed E-state index contributed by atoms with van der Waals surface area (Å²) >= 11 is 0. The van der Waals surface area contributed by atoms with Crippen LogP contribution in [0.25, 0.3) is 286 Å². The predicted octanol–water partition coefficient (Wildman–Crippen LogP) is 40.0. The molecule has 0 unspecified atom stereocenters. The van der Waals surface area contributed by atoms with Crippen molar-refractivity contribution in [2.75, 3.05) is 0 Å². The first kappa shape index (κ1) is 62.1. The average molecular weight is 1840 g/mol. The maximum absolute atomic E-state index is 9.67. The Morgan fingerprint density at radius 3 is 0.902 bits per heavy atom. The van der Waals surface area contributed by atoms with Crippen LogP contribution in [0.1, 0.15) is 32.9 Å². The zero-order chi connectivity index (χ0) is 115. The second kappa shape index (κ2) is 35.3. The third-order valence-electron chi connectivity index (χ3n) is 27.5. The Kier molecular flexibility index (Phi) is 15.3. The fraction of sp³-hybridized carbons (Fsp3) is 0. The Labute approximate surface area is 860 Å². The molecule has 0 aliphatic rings. The molecule has 0 saturated heterocycles. The Balaban J connectivity index is 0.000000121. The van der Waals surface area contributed by atoms with Crippen LogP contribution in [0, 0.1) is 0 Å². The molecule has 666 valence electrons. The van der Waals surface area contributed by atoms with Crippen LogP contribution in [-0.4, -0.2) is 0 Å². The highest BCUT2D eigenvalue weighted by Crippen LogP contribution is 2.55. The standard InChI is InChI=1S/C52H32O.C50H32O.C38H24O/c1-2-15-33(16-3-1)36-29-30-39(38-21-7-6-20-37(36)38)45-31-32-47(51-46-26-12-13-28-48(46)53-52(45)51)50-43-24-10-8-22-41(43)49(42-23-9-11-25-44(42)50)40-27-14-18-34-17-4-5-19-35(34)40;1-4-16-33(17-5-1)36-28-37(34-18-6-2-7-19-34)30-39(29-36)48-40-22-10-12-24-42(40)49(43-25-13-11-23-41(43)48)45-31-38(35-20-8-3-9-21-35)32-47-50(45)44-26-14-15-27-46(44)51-47;1-2-11-25(12-3-1)26-21-23-27(24-22-26)36-28-13-4-6-15-30(28)37(31-16-7-5-14-29(31)36)33-18-10-20-35-38(33)32-17-8-9-19-34(32)39-35/h1-32H;1-32H;1-24H/i8D,9D,10D,11D,22D,23D,24D,25D;10D,11D,12D,13D,22D,23D,24D,25D;4D,5D,6D,7D,13D,14D,15D,16D. The molecule has 0 saturated carbocycles. The van der Waals surface area contributed by atoms with Crippen LogP contribution in [0.15, 0.2) is 547 Å². The van der Waals surface area contributed by atoms with Gasteiger partial charge >= 0.3 is 0 Å². The minimum atomic E-state index is -0.453. The molecule has 0 aliphatic carbocycles. The van der Waals surface area contributed by atoms with E-state index in [4.69, 9.17) is 29.7 Å². The highest BCUT2D eigenvalue weighted by Gasteiger charge is 2.29. The van der Waals surface area contributed by atoms with Gasteiger partial charge in [-0.05, 0) is 275 Å². The Morgan fingerprint density at radius 1 is 0.133 bits per heavy atom. The van der Waals surface area contributed by atoms with Crippen molar-refractivity contribution in [1.29, 1.82) is 0 Å². The van der Waals surface area contributed by atoms with E-state index >= 15 is 0 Å². The zero-order valence-electron chi connectivity index (χ0n) is 100. The molecule has 0 N–H and O–H groups in total. The van der Waals surface area contributed by atoms with Gasteiger partial charge in [0.05, 0.1) is 32.9 Å². The van der Waals surface area contributed by atoms with Crippen LogP contribution in [0.5, 0.6) is 0 Å². The first-order valence-electron chi connectivity index (χ1n) is 59.2. The molecule has 26 aromatic carbocycles. The quantitative estimate of drug-likeness (QED) is 0.114. The Morgan fingerprint density at radius 2 is 0.420 bits per heavy atom. The van der Waals surface area contributed by atoms with Gasteiger partial charge in [-0.15, -0.1) is 0 Å². The molecular weight excluding hydrogens is 1730 g/mol. The molecule has 0 spiro atoms. The molecule has 0 radical (unpaired) electrons. The third kappa shape index (κ3) is 14.4. The molecule has 29 aromatic rings. The summed E-state index contributed by atoms with van der Waals surface area (Å²) in [5.41, 5.74) is 19.5. The largest absolute Gasteiger partial charge is 0.456 e. The van der Waals surface area contributed by atoms with E-state index in [0.29, 0.717) is 105 Å². The SMILES string of the molecule is [2H]c1c([2H])c([2H])c2c(-c3cc(-c4ccccc4)cc4oc5ccccc5c34)c3c([2H])c([2H])c([2H])c([2H])c3c(-c3cc(-c4ccccc4)cc(-c4ccccc4)c3)c2c1[2H].[2H]c1c([2H])c([2H])c2c(-c3ccc(-c4ccc(-c5ccccc5)c5ccccc45)c4oc5ccccc5c34)c3c([2H])c([2H])c([2H])c([2H])c3c(-c3cccc4ccccc34)c2c1[2H].[2H]c1c([2H])c([2H])c2c(-c3cccc4oc5ccccc5c34)c3c([2H])c([2H])c([2H])c([2H])c3c(-c3ccc(-c4ccccc4)cc3)c2c1[2H]. The molecule has 0 fully saturated rings. The number of benzene rings is 26. The summed E-state index contributed by atoms with van der Waals surface area (Å²) < 4.78 is 240.